The molecule has 0 heterocycles. The zero-order chi connectivity index (χ0) is 17.5. The quantitative estimate of drug-likeness (QED) is 0.708. The van der Waals surface area contributed by atoms with Crippen LogP contribution in [0.1, 0.15) is 49.3 Å². The van der Waals surface area contributed by atoms with Crippen molar-refractivity contribution in [3.63, 3.8) is 0 Å². The molecule has 1 amide bonds. The lowest BCUT2D eigenvalue weighted by molar-refractivity contribution is -0.116. The first-order valence-corrected chi connectivity index (χ1v) is 8.56. The van der Waals surface area contributed by atoms with Crippen molar-refractivity contribution < 1.29 is 9.53 Å². The SMILES string of the molecule is Cc1cccc(OCCCC(=O)Nc2ccc(C(C)C)cc2)c1C. The first kappa shape index (κ1) is 18.1. The van der Waals surface area contributed by atoms with E-state index in [0.717, 1.165) is 17.0 Å². The molecule has 24 heavy (non-hydrogen) atoms. The van der Waals surface area contributed by atoms with E-state index in [1.54, 1.807) is 0 Å². The molecule has 0 saturated heterocycles. The van der Waals surface area contributed by atoms with Gasteiger partial charge in [0, 0.05) is 12.1 Å². The smallest absolute Gasteiger partial charge is 0.224 e. The number of aryl methyl sites for hydroxylation is 1. The van der Waals surface area contributed by atoms with Crippen LogP contribution in [-0.4, -0.2) is 12.5 Å². The summed E-state index contributed by atoms with van der Waals surface area (Å²) in [4.78, 5) is 12.0. The number of hydrogen-bond acceptors (Lipinski definition) is 2. The monoisotopic (exact) mass is 325 g/mol. The number of ether oxygens (including phenoxy) is 1. The van der Waals surface area contributed by atoms with Crippen molar-refractivity contribution in [3.8, 4) is 5.75 Å². The third kappa shape index (κ3) is 5.12. The van der Waals surface area contributed by atoms with Crippen molar-refractivity contribution in [2.24, 2.45) is 0 Å². The number of anilines is 1. The Balaban J connectivity index is 1.74. The minimum absolute atomic E-state index is 0.0249. The van der Waals surface area contributed by atoms with E-state index in [4.69, 9.17) is 4.74 Å². The molecule has 0 aliphatic carbocycles. The second-order valence-corrected chi connectivity index (χ2v) is 6.47. The molecule has 0 radical (unpaired) electrons. The van der Waals surface area contributed by atoms with Crippen LogP contribution in [0.15, 0.2) is 42.5 Å². The van der Waals surface area contributed by atoms with E-state index in [1.807, 2.05) is 24.3 Å². The summed E-state index contributed by atoms with van der Waals surface area (Å²) in [6, 6.07) is 14.1. The molecular formula is C21H27NO2. The van der Waals surface area contributed by atoms with Gasteiger partial charge in [0.25, 0.3) is 0 Å². The van der Waals surface area contributed by atoms with Crippen molar-refractivity contribution in [1.29, 1.82) is 0 Å². The van der Waals surface area contributed by atoms with Gasteiger partial charge in [-0.25, -0.2) is 0 Å². The van der Waals surface area contributed by atoms with Gasteiger partial charge in [-0.05, 0) is 61.1 Å². The highest BCUT2D eigenvalue weighted by Crippen LogP contribution is 2.21. The highest BCUT2D eigenvalue weighted by Gasteiger charge is 2.05. The summed E-state index contributed by atoms with van der Waals surface area (Å²) in [5.74, 6) is 1.42. The molecule has 0 saturated carbocycles. The van der Waals surface area contributed by atoms with E-state index in [1.165, 1.54) is 11.1 Å². The molecule has 0 bridgehead atoms. The highest BCUT2D eigenvalue weighted by atomic mass is 16.5. The molecule has 128 valence electrons. The van der Waals surface area contributed by atoms with Crippen LogP contribution in [0.5, 0.6) is 5.75 Å². The topological polar surface area (TPSA) is 38.3 Å². The van der Waals surface area contributed by atoms with Crippen LogP contribution in [-0.2, 0) is 4.79 Å². The molecule has 0 aromatic heterocycles. The Labute approximate surface area is 145 Å². The van der Waals surface area contributed by atoms with Crippen LogP contribution in [0.25, 0.3) is 0 Å². The van der Waals surface area contributed by atoms with Crippen molar-refractivity contribution in [1.82, 2.24) is 0 Å². The maximum atomic E-state index is 12.0. The van der Waals surface area contributed by atoms with Crippen molar-refractivity contribution in [2.45, 2.75) is 46.5 Å². The van der Waals surface area contributed by atoms with Crippen molar-refractivity contribution in [2.75, 3.05) is 11.9 Å². The van der Waals surface area contributed by atoms with E-state index in [2.05, 4.69) is 51.2 Å². The van der Waals surface area contributed by atoms with Gasteiger partial charge in [-0.15, -0.1) is 0 Å². The van der Waals surface area contributed by atoms with Gasteiger partial charge in [-0.2, -0.15) is 0 Å². The summed E-state index contributed by atoms with van der Waals surface area (Å²) < 4.78 is 5.78. The van der Waals surface area contributed by atoms with E-state index in [-0.39, 0.29) is 5.91 Å². The molecular weight excluding hydrogens is 298 g/mol. The summed E-state index contributed by atoms with van der Waals surface area (Å²) in [6.07, 6.45) is 1.15. The average Bonchev–Trinajstić information content (AvgIpc) is 2.55. The van der Waals surface area contributed by atoms with Crippen LogP contribution < -0.4 is 10.1 Å². The van der Waals surface area contributed by atoms with E-state index in [9.17, 15) is 4.79 Å². The van der Waals surface area contributed by atoms with Crippen LogP contribution in [0, 0.1) is 13.8 Å². The Bertz CT molecular complexity index is 675. The Morgan fingerprint density at radius 3 is 2.46 bits per heavy atom. The van der Waals surface area contributed by atoms with E-state index in [0.29, 0.717) is 25.4 Å². The third-order valence-corrected chi connectivity index (χ3v) is 4.22. The Morgan fingerprint density at radius 2 is 1.79 bits per heavy atom. The lowest BCUT2D eigenvalue weighted by Crippen LogP contribution is -2.13. The lowest BCUT2D eigenvalue weighted by Gasteiger charge is -2.11. The predicted molar refractivity (Wildman–Crippen MR) is 99.8 cm³/mol. The number of nitrogens with one attached hydrogen (secondary N) is 1. The molecule has 3 nitrogen and oxygen atoms in total. The Morgan fingerprint density at radius 1 is 1.08 bits per heavy atom. The van der Waals surface area contributed by atoms with Gasteiger partial charge in [0.1, 0.15) is 5.75 Å². The van der Waals surface area contributed by atoms with Gasteiger partial charge < -0.3 is 10.1 Å². The maximum Gasteiger partial charge on any atom is 0.224 e. The zero-order valence-electron chi connectivity index (χ0n) is 15.1. The van der Waals surface area contributed by atoms with Crippen molar-refractivity contribution in [3.05, 3.63) is 59.2 Å². The minimum Gasteiger partial charge on any atom is -0.493 e. The summed E-state index contributed by atoms with van der Waals surface area (Å²) in [5, 5.41) is 2.93. The molecule has 2 rings (SSSR count). The molecule has 0 aliphatic heterocycles. The first-order chi connectivity index (χ1) is 11.5. The summed E-state index contributed by atoms with van der Waals surface area (Å²) in [5.41, 5.74) is 4.50. The number of hydrogen-bond donors (Lipinski definition) is 1. The number of benzene rings is 2. The normalized spacial score (nSPS) is 10.7. The van der Waals surface area contributed by atoms with Crippen LogP contribution >= 0.6 is 0 Å². The number of carbonyl (C=O) groups is 1. The molecule has 3 heteroatoms. The van der Waals surface area contributed by atoms with Gasteiger partial charge in [-0.1, -0.05) is 38.1 Å². The second-order valence-electron chi connectivity index (χ2n) is 6.47. The largest absolute Gasteiger partial charge is 0.493 e. The second kappa shape index (κ2) is 8.53. The molecule has 0 spiro atoms. The van der Waals surface area contributed by atoms with E-state index >= 15 is 0 Å². The Hall–Kier alpha value is -2.29. The van der Waals surface area contributed by atoms with Gasteiger partial charge in [0.05, 0.1) is 6.61 Å². The highest BCUT2D eigenvalue weighted by molar-refractivity contribution is 5.90. The van der Waals surface area contributed by atoms with Crippen LogP contribution in [0.4, 0.5) is 5.69 Å². The summed E-state index contributed by atoms with van der Waals surface area (Å²) >= 11 is 0. The third-order valence-electron chi connectivity index (χ3n) is 4.22. The molecule has 0 fully saturated rings. The summed E-state index contributed by atoms with van der Waals surface area (Å²) in [7, 11) is 0. The first-order valence-electron chi connectivity index (χ1n) is 8.56. The fraction of sp³-hybridized carbons (Fsp3) is 0.381. The minimum atomic E-state index is 0.0249. The fourth-order valence-corrected chi connectivity index (χ4v) is 2.47. The van der Waals surface area contributed by atoms with Gasteiger partial charge in [0.15, 0.2) is 0 Å². The van der Waals surface area contributed by atoms with E-state index < -0.39 is 0 Å². The molecule has 2 aromatic carbocycles. The maximum absolute atomic E-state index is 12.0. The molecule has 0 atom stereocenters. The Kier molecular flexibility index (Phi) is 6.42. The zero-order valence-corrected chi connectivity index (χ0v) is 15.1. The summed E-state index contributed by atoms with van der Waals surface area (Å²) in [6.45, 7) is 8.98. The molecule has 0 unspecified atom stereocenters. The standard InChI is InChI=1S/C21H27NO2/c1-15(2)18-10-12-19(13-11-18)22-21(23)9-6-14-24-20-8-5-7-16(3)17(20)4/h5,7-8,10-13,15H,6,9,14H2,1-4H3,(H,22,23). The number of amides is 1. The van der Waals surface area contributed by atoms with Crippen molar-refractivity contribution >= 4 is 11.6 Å². The predicted octanol–water partition coefficient (Wildman–Crippen LogP) is 5.22. The van der Waals surface area contributed by atoms with Gasteiger partial charge >= 0.3 is 0 Å². The number of carbonyl (C=O) groups excluding carboxylic acids is 1. The van der Waals surface area contributed by atoms with Crippen LogP contribution in [0.3, 0.4) is 0 Å². The van der Waals surface area contributed by atoms with Crippen LogP contribution in [0.2, 0.25) is 0 Å². The molecule has 0 aliphatic rings. The number of rotatable bonds is 7. The fourth-order valence-electron chi connectivity index (χ4n) is 2.47. The van der Waals surface area contributed by atoms with Gasteiger partial charge in [0.2, 0.25) is 5.91 Å². The molecule has 1 N–H and O–H groups in total. The molecule has 2 aromatic rings. The average molecular weight is 325 g/mol. The van der Waals surface area contributed by atoms with Gasteiger partial charge in [-0.3, -0.25) is 4.79 Å². The lowest BCUT2D eigenvalue weighted by atomic mass is 10.0.